The Balaban J connectivity index is 2.28. The zero-order valence-corrected chi connectivity index (χ0v) is 10.2. The normalized spacial score (nSPS) is 9.71. The molecule has 17 heavy (non-hydrogen) atoms. The Kier molecular flexibility index (Phi) is 3.53. The van der Waals surface area contributed by atoms with Crippen LogP contribution < -0.4 is 4.74 Å². The zero-order valence-electron chi connectivity index (χ0n) is 8.65. The van der Waals surface area contributed by atoms with Crippen LogP contribution in [-0.4, -0.2) is 0 Å². The standard InChI is InChI=1S/C13H7Cl2NO/c14-10-5-11(15)7-13(6-10)17-12-3-1-2-9(4-12)8-16/h1-7H. The molecule has 0 aliphatic rings. The first-order valence-corrected chi connectivity index (χ1v) is 5.57. The van der Waals surface area contributed by atoms with Crippen LogP contribution in [0.2, 0.25) is 10.0 Å². The molecule has 0 saturated carbocycles. The van der Waals surface area contributed by atoms with E-state index in [0.29, 0.717) is 27.1 Å². The number of ether oxygens (including phenoxy) is 1. The van der Waals surface area contributed by atoms with Gasteiger partial charge in [-0.15, -0.1) is 0 Å². The molecule has 0 spiro atoms. The summed E-state index contributed by atoms with van der Waals surface area (Å²) in [4.78, 5) is 0. The number of hydrogen-bond donors (Lipinski definition) is 0. The zero-order chi connectivity index (χ0) is 12.3. The molecule has 4 heteroatoms. The third-order valence-electron chi connectivity index (χ3n) is 2.03. The molecule has 2 rings (SSSR count). The van der Waals surface area contributed by atoms with Gasteiger partial charge in [0.2, 0.25) is 0 Å². The highest BCUT2D eigenvalue weighted by Crippen LogP contribution is 2.28. The van der Waals surface area contributed by atoms with Gasteiger partial charge in [0.1, 0.15) is 11.5 Å². The summed E-state index contributed by atoms with van der Waals surface area (Å²) in [5, 5.41) is 9.78. The number of nitrogens with zero attached hydrogens (tertiary/aromatic N) is 1. The van der Waals surface area contributed by atoms with Crippen molar-refractivity contribution in [2.75, 3.05) is 0 Å². The van der Waals surface area contributed by atoms with Crippen LogP contribution in [-0.2, 0) is 0 Å². The van der Waals surface area contributed by atoms with Crippen molar-refractivity contribution < 1.29 is 4.74 Å². The quantitative estimate of drug-likeness (QED) is 0.790. The van der Waals surface area contributed by atoms with Gasteiger partial charge < -0.3 is 4.74 Å². The fourth-order valence-electron chi connectivity index (χ4n) is 1.35. The van der Waals surface area contributed by atoms with Gasteiger partial charge in [-0.05, 0) is 36.4 Å². The van der Waals surface area contributed by atoms with Crippen LogP contribution in [0.25, 0.3) is 0 Å². The summed E-state index contributed by atoms with van der Waals surface area (Å²) in [5.41, 5.74) is 0.538. The molecule has 0 fully saturated rings. The minimum atomic E-state index is 0.504. The van der Waals surface area contributed by atoms with Gasteiger partial charge in [0.05, 0.1) is 11.6 Å². The number of benzene rings is 2. The van der Waals surface area contributed by atoms with Crippen molar-refractivity contribution >= 4 is 23.2 Å². The first-order valence-electron chi connectivity index (χ1n) is 4.81. The summed E-state index contributed by atoms with van der Waals surface area (Å²) in [5.74, 6) is 1.11. The SMILES string of the molecule is N#Cc1cccc(Oc2cc(Cl)cc(Cl)c2)c1. The van der Waals surface area contributed by atoms with E-state index < -0.39 is 0 Å². The van der Waals surface area contributed by atoms with Gasteiger partial charge in [0.15, 0.2) is 0 Å². The summed E-state index contributed by atoms with van der Waals surface area (Å²) in [6.07, 6.45) is 0. The summed E-state index contributed by atoms with van der Waals surface area (Å²) in [6.45, 7) is 0. The van der Waals surface area contributed by atoms with E-state index in [1.807, 2.05) is 6.07 Å². The molecule has 84 valence electrons. The topological polar surface area (TPSA) is 33.0 Å². The third kappa shape index (κ3) is 3.13. The van der Waals surface area contributed by atoms with Crippen molar-refractivity contribution in [1.29, 1.82) is 5.26 Å². The second kappa shape index (κ2) is 5.09. The molecule has 2 aromatic carbocycles. The predicted molar refractivity (Wildman–Crippen MR) is 67.7 cm³/mol. The molecule has 0 heterocycles. The molecule has 0 N–H and O–H groups in total. The fourth-order valence-corrected chi connectivity index (χ4v) is 1.86. The van der Waals surface area contributed by atoms with Crippen LogP contribution in [0.4, 0.5) is 0 Å². The van der Waals surface area contributed by atoms with Gasteiger partial charge in [-0.3, -0.25) is 0 Å². The first kappa shape index (κ1) is 11.8. The summed E-state index contributed by atoms with van der Waals surface area (Å²) in [6, 6.07) is 13.9. The Morgan fingerprint density at radius 1 is 0.941 bits per heavy atom. The van der Waals surface area contributed by atoms with E-state index in [9.17, 15) is 0 Å². The smallest absolute Gasteiger partial charge is 0.130 e. The van der Waals surface area contributed by atoms with Gasteiger partial charge in [0.25, 0.3) is 0 Å². The molecule has 0 bridgehead atoms. The number of nitriles is 1. The van der Waals surface area contributed by atoms with Crippen molar-refractivity contribution in [2.45, 2.75) is 0 Å². The van der Waals surface area contributed by atoms with Gasteiger partial charge >= 0.3 is 0 Å². The third-order valence-corrected chi connectivity index (χ3v) is 2.47. The average Bonchev–Trinajstić information content (AvgIpc) is 2.28. The van der Waals surface area contributed by atoms with E-state index in [2.05, 4.69) is 0 Å². The predicted octanol–water partition coefficient (Wildman–Crippen LogP) is 4.66. The number of hydrogen-bond acceptors (Lipinski definition) is 2. The molecule has 0 atom stereocenters. The van der Waals surface area contributed by atoms with Gasteiger partial charge in [-0.1, -0.05) is 29.3 Å². The molecular formula is C13H7Cl2NO. The highest BCUT2D eigenvalue weighted by molar-refractivity contribution is 6.34. The maximum Gasteiger partial charge on any atom is 0.130 e. The van der Waals surface area contributed by atoms with Gasteiger partial charge in [-0.25, -0.2) is 0 Å². The molecule has 0 aromatic heterocycles. The van der Waals surface area contributed by atoms with Crippen LogP contribution in [0.3, 0.4) is 0 Å². The molecule has 0 aliphatic carbocycles. The Hall–Kier alpha value is -1.69. The van der Waals surface area contributed by atoms with E-state index in [0.717, 1.165) is 0 Å². The Morgan fingerprint density at radius 2 is 1.65 bits per heavy atom. The second-order valence-corrected chi connectivity index (χ2v) is 4.22. The Bertz CT molecular complexity index is 570. The van der Waals surface area contributed by atoms with Crippen molar-refractivity contribution in [3.63, 3.8) is 0 Å². The average molecular weight is 264 g/mol. The highest BCUT2D eigenvalue weighted by Gasteiger charge is 2.02. The van der Waals surface area contributed by atoms with Crippen molar-refractivity contribution in [3.8, 4) is 17.6 Å². The molecule has 0 amide bonds. The largest absolute Gasteiger partial charge is 0.457 e. The lowest BCUT2D eigenvalue weighted by atomic mass is 10.2. The Morgan fingerprint density at radius 3 is 2.29 bits per heavy atom. The molecule has 2 nitrogen and oxygen atoms in total. The van der Waals surface area contributed by atoms with E-state index in [1.54, 1.807) is 42.5 Å². The maximum absolute atomic E-state index is 8.77. The monoisotopic (exact) mass is 263 g/mol. The lowest BCUT2D eigenvalue weighted by Crippen LogP contribution is -1.85. The van der Waals surface area contributed by atoms with Crippen molar-refractivity contribution in [1.82, 2.24) is 0 Å². The van der Waals surface area contributed by atoms with Crippen LogP contribution in [0, 0.1) is 11.3 Å². The molecule has 2 aromatic rings. The minimum absolute atomic E-state index is 0.504. The minimum Gasteiger partial charge on any atom is -0.457 e. The second-order valence-electron chi connectivity index (χ2n) is 3.35. The van der Waals surface area contributed by atoms with E-state index in [-0.39, 0.29) is 0 Å². The number of rotatable bonds is 2. The van der Waals surface area contributed by atoms with E-state index >= 15 is 0 Å². The van der Waals surface area contributed by atoms with Gasteiger partial charge in [-0.2, -0.15) is 5.26 Å². The fraction of sp³-hybridized carbons (Fsp3) is 0. The maximum atomic E-state index is 8.77. The van der Waals surface area contributed by atoms with Crippen LogP contribution >= 0.6 is 23.2 Å². The first-order chi connectivity index (χ1) is 8.17. The van der Waals surface area contributed by atoms with E-state index in [1.165, 1.54) is 0 Å². The molecule has 0 radical (unpaired) electrons. The highest BCUT2D eigenvalue weighted by atomic mass is 35.5. The summed E-state index contributed by atoms with van der Waals surface area (Å²) >= 11 is 11.7. The van der Waals surface area contributed by atoms with Crippen LogP contribution in [0.1, 0.15) is 5.56 Å². The van der Waals surface area contributed by atoms with Gasteiger partial charge in [0, 0.05) is 10.0 Å². The number of halogens is 2. The molecule has 0 unspecified atom stereocenters. The molecule has 0 aliphatic heterocycles. The van der Waals surface area contributed by atoms with Crippen LogP contribution in [0.5, 0.6) is 11.5 Å². The lowest BCUT2D eigenvalue weighted by molar-refractivity contribution is 0.482. The summed E-state index contributed by atoms with van der Waals surface area (Å²) < 4.78 is 5.56. The van der Waals surface area contributed by atoms with Crippen LogP contribution in [0.15, 0.2) is 42.5 Å². The lowest BCUT2D eigenvalue weighted by Gasteiger charge is -2.06. The molecular weight excluding hydrogens is 257 g/mol. The Labute approximate surface area is 109 Å². The van der Waals surface area contributed by atoms with E-state index in [4.69, 9.17) is 33.2 Å². The summed E-state index contributed by atoms with van der Waals surface area (Å²) in [7, 11) is 0. The van der Waals surface area contributed by atoms with Crippen molar-refractivity contribution in [2.24, 2.45) is 0 Å². The van der Waals surface area contributed by atoms with Crippen molar-refractivity contribution in [3.05, 3.63) is 58.1 Å². The molecule has 0 saturated heterocycles.